The number of aliphatic carboxylic acids is 1. The van der Waals surface area contributed by atoms with E-state index in [2.05, 4.69) is 0 Å². The van der Waals surface area contributed by atoms with E-state index in [-0.39, 0.29) is 11.4 Å². The predicted octanol–water partition coefficient (Wildman–Crippen LogP) is 1.11. The number of halogens is 2. The van der Waals surface area contributed by atoms with Gasteiger partial charge in [-0.15, -0.1) is 0 Å². The molecule has 0 bridgehead atoms. The third kappa shape index (κ3) is 3.84. The lowest BCUT2D eigenvalue weighted by atomic mass is 10.3. The molecule has 0 aromatic heterocycles. The molecular weight excluding hydrogens is 272 g/mol. The van der Waals surface area contributed by atoms with E-state index in [0.29, 0.717) is 0 Å². The second-order valence-corrected chi connectivity index (χ2v) is 4.74. The fourth-order valence-corrected chi connectivity index (χ4v) is 1.58. The number of benzene rings is 1. The first-order valence-corrected chi connectivity index (χ1v) is 6.11. The number of hydrogen-bond acceptors (Lipinski definition) is 4. The van der Waals surface area contributed by atoms with Crippen LogP contribution in [0.4, 0.5) is 14.5 Å². The molecule has 0 fully saturated rings. The molecular formula is C9H9F2NO5S. The fraction of sp³-hybridized carbons (Fsp3) is 0.222. The lowest BCUT2D eigenvalue weighted by molar-refractivity contribution is -0.139. The number of ether oxygens (including phenoxy) is 1. The number of anilines is 1. The zero-order chi connectivity index (χ0) is 13.8. The van der Waals surface area contributed by atoms with Crippen molar-refractivity contribution in [2.24, 2.45) is 0 Å². The van der Waals surface area contributed by atoms with Crippen LogP contribution in [-0.4, -0.2) is 31.9 Å². The Morgan fingerprint density at radius 2 is 2.00 bits per heavy atom. The number of rotatable bonds is 6. The Bertz CT molecular complexity index is 532. The Morgan fingerprint density at radius 1 is 1.39 bits per heavy atom. The quantitative estimate of drug-likeness (QED) is 0.815. The Kier molecular flexibility index (Phi) is 4.43. The maximum Gasteiger partial charge on any atom is 0.355 e. The number of alkyl halides is 2. The zero-order valence-electron chi connectivity index (χ0n) is 8.84. The van der Waals surface area contributed by atoms with Crippen LogP contribution in [0.2, 0.25) is 0 Å². The van der Waals surface area contributed by atoms with E-state index >= 15 is 0 Å². The molecule has 1 rings (SSSR count). The summed E-state index contributed by atoms with van der Waals surface area (Å²) in [5, 5.41) is 8.40. The van der Waals surface area contributed by atoms with Crippen molar-refractivity contribution in [2.45, 2.75) is 5.76 Å². The molecule has 1 aromatic carbocycles. The van der Waals surface area contributed by atoms with Gasteiger partial charge in [-0.3, -0.25) is 4.72 Å². The van der Waals surface area contributed by atoms with Crippen molar-refractivity contribution in [3.63, 3.8) is 0 Å². The molecule has 2 N–H and O–H groups in total. The lowest BCUT2D eigenvalue weighted by Gasteiger charge is -2.11. The maximum absolute atomic E-state index is 12.2. The van der Waals surface area contributed by atoms with E-state index in [0.717, 1.165) is 0 Å². The lowest BCUT2D eigenvalue weighted by Crippen LogP contribution is -2.21. The van der Waals surface area contributed by atoms with Gasteiger partial charge in [-0.05, 0) is 12.1 Å². The number of carboxylic acids is 1. The van der Waals surface area contributed by atoms with E-state index in [4.69, 9.17) is 9.84 Å². The van der Waals surface area contributed by atoms with Gasteiger partial charge in [-0.25, -0.2) is 13.2 Å². The van der Waals surface area contributed by atoms with Gasteiger partial charge >= 0.3 is 11.7 Å². The first-order chi connectivity index (χ1) is 8.33. The van der Waals surface area contributed by atoms with Gasteiger partial charge in [0.15, 0.2) is 6.61 Å². The van der Waals surface area contributed by atoms with Crippen LogP contribution >= 0.6 is 0 Å². The fourth-order valence-electron chi connectivity index (χ4n) is 1.01. The summed E-state index contributed by atoms with van der Waals surface area (Å²) in [4.78, 5) is 10.3. The van der Waals surface area contributed by atoms with Crippen molar-refractivity contribution in [1.82, 2.24) is 0 Å². The van der Waals surface area contributed by atoms with Gasteiger partial charge in [0.1, 0.15) is 5.75 Å². The van der Waals surface area contributed by atoms with Crippen LogP contribution in [0, 0.1) is 0 Å². The average Bonchev–Trinajstić information content (AvgIpc) is 2.27. The molecule has 1 aromatic rings. The summed E-state index contributed by atoms with van der Waals surface area (Å²) in [6, 6.07) is 5.26. The summed E-state index contributed by atoms with van der Waals surface area (Å²) in [5.74, 6) is -5.02. The summed E-state index contributed by atoms with van der Waals surface area (Å²) in [6.45, 7) is -0.715. The van der Waals surface area contributed by atoms with Crippen LogP contribution in [0.15, 0.2) is 24.3 Å². The molecule has 0 radical (unpaired) electrons. The molecule has 0 spiro atoms. The highest BCUT2D eigenvalue weighted by molar-refractivity contribution is 7.93. The number of nitrogens with one attached hydrogen (secondary N) is 1. The minimum Gasteiger partial charge on any atom is -0.480 e. The largest absolute Gasteiger partial charge is 0.480 e. The molecule has 0 unspecified atom stereocenters. The zero-order valence-corrected chi connectivity index (χ0v) is 9.65. The first-order valence-electron chi connectivity index (χ1n) is 4.56. The highest BCUT2D eigenvalue weighted by atomic mass is 32.2. The van der Waals surface area contributed by atoms with Crippen LogP contribution in [-0.2, 0) is 14.8 Å². The molecule has 18 heavy (non-hydrogen) atoms. The molecule has 9 heteroatoms. The van der Waals surface area contributed by atoms with Crippen molar-refractivity contribution in [3.05, 3.63) is 24.3 Å². The normalized spacial score (nSPS) is 11.3. The number of carboxylic acid groups (broad SMARTS) is 1. The van der Waals surface area contributed by atoms with Gasteiger partial charge in [-0.1, -0.05) is 12.1 Å². The van der Waals surface area contributed by atoms with Crippen LogP contribution in [0.5, 0.6) is 5.75 Å². The van der Waals surface area contributed by atoms with Gasteiger partial charge in [-0.2, -0.15) is 8.78 Å². The summed E-state index contributed by atoms with van der Waals surface area (Å²) in [7, 11) is -4.82. The van der Waals surface area contributed by atoms with Crippen LogP contribution in [0.25, 0.3) is 0 Å². The minimum atomic E-state index is -4.82. The summed E-state index contributed by atoms with van der Waals surface area (Å²) < 4.78 is 52.6. The van der Waals surface area contributed by atoms with Crippen LogP contribution in [0.1, 0.15) is 0 Å². The van der Waals surface area contributed by atoms with Gasteiger partial charge < -0.3 is 9.84 Å². The Labute approximate surface area is 101 Å². The second kappa shape index (κ2) is 5.63. The van der Waals surface area contributed by atoms with Crippen molar-refractivity contribution in [2.75, 3.05) is 11.3 Å². The van der Waals surface area contributed by atoms with Gasteiger partial charge in [0.2, 0.25) is 0 Å². The van der Waals surface area contributed by atoms with Crippen molar-refractivity contribution in [3.8, 4) is 5.75 Å². The second-order valence-electron chi connectivity index (χ2n) is 3.09. The first kappa shape index (κ1) is 14.2. The number of hydrogen-bond donors (Lipinski definition) is 2. The van der Waals surface area contributed by atoms with Gasteiger partial charge in [0.25, 0.3) is 10.0 Å². The Balaban J connectivity index is 2.92. The topological polar surface area (TPSA) is 92.7 Å². The Hall–Kier alpha value is -1.90. The van der Waals surface area contributed by atoms with E-state index in [1.165, 1.54) is 24.3 Å². The molecule has 0 aliphatic rings. The summed E-state index contributed by atoms with van der Waals surface area (Å²) >= 11 is 0. The predicted molar refractivity (Wildman–Crippen MR) is 58.1 cm³/mol. The van der Waals surface area contributed by atoms with E-state index in [1.54, 1.807) is 4.72 Å². The monoisotopic (exact) mass is 281 g/mol. The molecule has 0 heterocycles. The highest BCUT2D eigenvalue weighted by Crippen LogP contribution is 2.25. The van der Waals surface area contributed by atoms with Gasteiger partial charge in [0.05, 0.1) is 5.69 Å². The smallest absolute Gasteiger partial charge is 0.355 e. The standard InChI is InChI=1S/C9H9F2NO5S/c10-9(11)18(15,16)12-6-3-1-2-4-7(6)17-5-8(13)14/h1-4,9,12H,5H2,(H,13,14). The average molecular weight is 281 g/mol. The minimum absolute atomic E-state index is 0.149. The van der Waals surface area contributed by atoms with Crippen LogP contribution < -0.4 is 9.46 Å². The third-order valence-electron chi connectivity index (χ3n) is 1.72. The van der Waals surface area contributed by atoms with E-state index in [9.17, 15) is 22.0 Å². The number of para-hydroxylation sites is 2. The molecule has 0 saturated carbocycles. The van der Waals surface area contributed by atoms with E-state index < -0.39 is 28.4 Å². The van der Waals surface area contributed by atoms with Crippen molar-refractivity contribution < 1.29 is 31.8 Å². The maximum atomic E-state index is 12.2. The molecule has 6 nitrogen and oxygen atoms in total. The molecule has 0 atom stereocenters. The summed E-state index contributed by atoms with van der Waals surface area (Å²) in [5.41, 5.74) is -0.251. The van der Waals surface area contributed by atoms with E-state index in [1.807, 2.05) is 0 Å². The SMILES string of the molecule is O=C(O)COc1ccccc1NS(=O)(=O)C(F)F. The number of carbonyl (C=O) groups is 1. The Morgan fingerprint density at radius 3 is 2.56 bits per heavy atom. The molecule has 0 amide bonds. The highest BCUT2D eigenvalue weighted by Gasteiger charge is 2.24. The molecule has 0 aliphatic heterocycles. The molecule has 100 valence electrons. The molecule has 0 aliphatic carbocycles. The third-order valence-corrected chi connectivity index (χ3v) is 2.70. The van der Waals surface area contributed by atoms with Gasteiger partial charge in [0, 0.05) is 0 Å². The van der Waals surface area contributed by atoms with Crippen LogP contribution in [0.3, 0.4) is 0 Å². The number of sulfonamides is 1. The van der Waals surface area contributed by atoms with Crippen molar-refractivity contribution in [1.29, 1.82) is 0 Å². The van der Waals surface area contributed by atoms with Crippen molar-refractivity contribution >= 4 is 21.7 Å². The summed E-state index contributed by atoms with van der Waals surface area (Å²) in [6.07, 6.45) is 0. The molecule has 0 saturated heterocycles.